The Bertz CT molecular complexity index is 1700. The van der Waals surface area contributed by atoms with Crippen LogP contribution in [0.2, 0.25) is 0 Å². The molecule has 1 saturated carbocycles. The van der Waals surface area contributed by atoms with Crippen molar-refractivity contribution in [2.75, 3.05) is 0 Å². The van der Waals surface area contributed by atoms with Gasteiger partial charge in [0.1, 0.15) is 22.8 Å². The number of benzene rings is 2. The summed E-state index contributed by atoms with van der Waals surface area (Å²) in [6.45, 7) is 14.6. The highest BCUT2D eigenvalue weighted by atomic mass is 16.3. The molecule has 7 heteroatoms. The number of allylic oxidation sites excluding steroid dienone is 1. The zero-order valence-corrected chi connectivity index (χ0v) is 26.7. The van der Waals surface area contributed by atoms with E-state index in [1.165, 1.54) is 11.6 Å². The predicted octanol–water partition coefficient (Wildman–Crippen LogP) is 6.66. The quantitative estimate of drug-likeness (QED) is 0.229. The minimum atomic E-state index is -2.62. The number of ketones is 3. The maximum Gasteiger partial charge on any atom is 0.203 e. The van der Waals surface area contributed by atoms with Crippen molar-refractivity contribution in [3.05, 3.63) is 81.1 Å². The van der Waals surface area contributed by atoms with Gasteiger partial charge in [-0.3, -0.25) is 14.4 Å². The highest BCUT2D eigenvalue weighted by Gasteiger charge is 2.72. The average Bonchev–Trinajstić information content (AvgIpc) is 2.89. The SMILES string of the molecule is CC(=O)C1=C(O)[C@]2(O)C(=O)C3=C(O)c4c(O)ccc(/C=C/c5ccc(C(C)(C)C)cc5)c4C[C@]3(C)C[C@]2(C)C(C(C)C)C1=O. The fraction of sp³-hybridized carbons (Fsp3) is 0.432. The second-order valence-electron chi connectivity index (χ2n) is 14.7. The minimum Gasteiger partial charge on any atom is -0.508 e. The van der Waals surface area contributed by atoms with Crippen LogP contribution in [0.5, 0.6) is 5.75 Å². The first-order chi connectivity index (χ1) is 20.3. The summed E-state index contributed by atoms with van der Waals surface area (Å²) in [5, 5.41) is 46.1. The minimum absolute atomic E-state index is 0.0211. The van der Waals surface area contributed by atoms with Gasteiger partial charge in [0.15, 0.2) is 17.2 Å². The van der Waals surface area contributed by atoms with Crippen LogP contribution in [0.1, 0.15) is 89.6 Å². The van der Waals surface area contributed by atoms with Gasteiger partial charge in [-0.05, 0) is 59.4 Å². The number of phenolic OH excluding ortho intramolecular Hbond substituents is 1. The monoisotopic (exact) mass is 598 g/mol. The number of rotatable bonds is 4. The Morgan fingerprint density at radius 2 is 1.59 bits per heavy atom. The summed E-state index contributed by atoms with van der Waals surface area (Å²) in [5.41, 5.74) is -2.24. The van der Waals surface area contributed by atoms with Gasteiger partial charge in [0.05, 0.1) is 5.56 Å². The van der Waals surface area contributed by atoms with E-state index in [9.17, 15) is 34.8 Å². The Hall–Kier alpha value is -3.97. The number of hydrogen-bond donors (Lipinski definition) is 4. The maximum atomic E-state index is 14.4. The third-order valence-corrected chi connectivity index (χ3v) is 10.2. The van der Waals surface area contributed by atoms with E-state index in [-0.39, 0.29) is 41.1 Å². The number of Topliss-reactive ketones (excluding diaryl/α,β-unsaturated/α-hetero) is 3. The summed E-state index contributed by atoms with van der Waals surface area (Å²) < 4.78 is 0. The predicted molar refractivity (Wildman–Crippen MR) is 170 cm³/mol. The molecule has 0 saturated heterocycles. The number of fused-ring (bicyclic) bond motifs is 3. The normalized spacial score (nSPS) is 28.8. The van der Waals surface area contributed by atoms with Crippen LogP contribution >= 0.6 is 0 Å². The molecule has 0 amide bonds. The van der Waals surface area contributed by atoms with E-state index in [1.807, 2.05) is 24.3 Å². The molecule has 44 heavy (non-hydrogen) atoms. The molecular weight excluding hydrogens is 556 g/mol. The van der Waals surface area contributed by atoms with Gasteiger partial charge in [-0.15, -0.1) is 0 Å². The third kappa shape index (κ3) is 4.31. The molecule has 3 aliphatic carbocycles. The largest absolute Gasteiger partial charge is 0.508 e. The smallest absolute Gasteiger partial charge is 0.203 e. The van der Waals surface area contributed by atoms with Crippen molar-refractivity contribution in [1.29, 1.82) is 0 Å². The van der Waals surface area contributed by atoms with Gasteiger partial charge in [0.25, 0.3) is 0 Å². The first-order valence-electron chi connectivity index (χ1n) is 15.1. The Morgan fingerprint density at radius 3 is 2.14 bits per heavy atom. The number of carbonyl (C=O) groups is 3. The van der Waals surface area contributed by atoms with E-state index in [0.29, 0.717) is 5.56 Å². The lowest BCUT2D eigenvalue weighted by Crippen LogP contribution is -2.69. The Morgan fingerprint density at radius 1 is 0.977 bits per heavy atom. The molecule has 0 bridgehead atoms. The van der Waals surface area contributed by atoms with E-state index in [0.717, 1.165) is 18.1 Å². The highest BCUT2D eigenvalue weighted by molar-refractivity contribution is 6.24. The molecule has 0 radical (unpaired) electrons. The Balaban J connectivity index is 1.69. The topological polar surface area (TPSA) is 132 Å². The van der Waals surface area contributed by atoms with E-state index in [1.54, 1.807) is 33.8 Å². The van der Waals surface area contributed by atoms with Crippen molar-refractivity contribution in [2.45, 2.75) is 79.2 Å². The fourth-order valence-electron chi connectivity index (χ4n) is 8.18. The van der Waals surface area contributed by atoms with Crippen LogP contribution in [-0.4, -0.2) is 43.4 Å². The van der Waals surface area contributed by atoms with Gasteiger partial charge in [-0.25, -0.2) is 0 Å². The molecule has 5 rings (SSSR count). The molecule has 4 atom stereocenters. The first kappa shape index (κ1) is 31.5. The standard InChI is InChI=1S/C37H42O7/c1-19(2)28-30(40)26(20(3)38)32(42)37(44)33(43)29-31(41)27-24(17-35(29,7)18-36(28,37)8)22(13-16-25(27)39)12-9-21-10-14-23(15-11-21)34(4,5)6/h9-16,19,28,39,41-42,44H,17-18H2,1-8H3/b12-9+/t28?,35-,36-,37+/m1/s1. The van der Waals surface area contributed by atoms with Gasteiger partial charge in [-0.2, -0.15) is 0 Å². The molecule has 232 valence electrons. The number of aromatic hydroxyl groups is 1. The van der Waals surface area contributed by atoms with E-state index in [4.69, 9.17) is 0 Å². The molecule has 0 spiro atoms. The van der Waals surface area contributed by atoms with Gasteiger partial charge < -0.3 is 20.4 Å². The van der Waals surface area contributed by atoms with Crippen LogP contribution in [0.3, 0.4) is 0 Å². The zero-order valence-electron chi connectivity index (χ0n) is 26.7. The number of hydrogen-bond acceptors (Lipinski definition) is 7. The second-order valence-corrected chi connectivity index (χ2v) is 14.7. The lowest BCUT2D eigenvalue weighted by atomic mass is 9.43. The number of aliphatic hydroxyl groups excluding tert-OH is 2. The van der Waals surface area contributed by atoms with Crippen molar-refractivity contribution < 1.29 is 34.8 Å². The average molecular weight is 599 g/mol. The third-order valence-electron chi connectivity index (χ3n) is 10.2. The van der Waals surface area contributed by atoms with Gasteiger partial charge in [0, 0.05) is 22.3 Å². The number of carbonyl (C=O) groups excluding carboxylic acids is 3. The molecule has 1 fully saturated rings. The molecule has 7 nitrogen and oxygen atoms in total. The van der Waals surface area contributed by atoms with Gasteiger partial charge in [0.2, 0.25) is 5.78 Å². The van der Waals surface area contributed by atoms with Crippen LogP contribution in [0.25, 0.3) is 17.9 Å². The zero-order chi connectivity index (χ0) is 32.7. The van der Waals surface area contributed by atoms with E-state index < -0.39 is 56.8 Å². The molecule has 1 unspecified atom stereocenters. The first-order valence-corrected chi connectivity index (χ1v) is 15.1. The van der Waals surface area contributed by atoms with Crippen LogP contribution in [0.4, 0.5) is 0 Å². The maximum absolute atomic E-state index is 14.4. The lowest BCUT2D eigenvalue weighted by molar-refractivity contribution is -0.178. The van der Waals surface area contributed by atoms with Crippen LogP contribution in [-0.2, 0) is 26.2 Å². The molecule has 0 aliphatic heterocycles. The lowest BCUT2D eigenvalue weighted by Gasteiger charge is -2.59. The molecule has 2 aromatic rings. The van der Waals surface area contributed by atoms with E-state index in [2.05, 4.69) is 32.9 Å². The van der Waals surface area contributed by atoms with Crippen molar-refractivity contribution in [2.24, 2.45) is 22.7 Å². The summed E-state index contributed by atoms with van der Waals surface area (Å²) in [7, 11) is 0. The van der Waals surface area contributed by atoms with Gasteiger partial charge >= 0.3 is 0 Å². The summed E-state index contributed by atoms with van der Waals surface area (Å²) in [5.74, 6) is -5.31. The number of aliphatic hydroxyl groups is 3. The molecular formula is C37H42O7. The summed E-state index contributed by atoms with van der Waals surface area (Å²) >= 11 is 0. The van der Waals surface area contributed by atoms with E-state index >= 15 is 0 Å². The summed E-state index contributed by atoms with van der Waals surface area (Å²) in [6.07, 6.45) is 4.13. The van der Waals surface area contributed by atoms with Crippen molar-refractivity contribution in [3.8, 4) is 5.75 Å². The second kappa shape index (κ2) is 10.0. The van der Waals surface area contributed by atoms with Crippen molar-refractivity contribution >= 4 is 35.3 Å². The Labute approximate surface area is 258 Å². The molecule has 4 N–H and O–H groups in total. The fourth-order valence-corrected chi connectivity index (χ4v) is 8.18. The molecule has 0 aromatic heterocycles. The van der Waals surface area contributed by atoms with Crippen molar-refractivity contribution in [1.82, 2.24) is 0 Å². The molecule has 0 heterocycles. The number of phenols is 1. The van der Waals surface area contributed by atoms with Gasteiger partial charge in [-0.1, -0.05) is 91.0 Å². The van der Waals surface area contributed by atoms with Crippen LogP contribution < -0.4 is 0 Å². The summed E-state index contributed by atoms with van der Waals surface area (Å²) in [6, 6.07) is 11.4. The molecule has 2 aromatic carbocycles. The Kier molecular flexibility index (Phi) is 7.17. The van der Waals surface area contributed by atoms with Crippen molar-refractivity contribution in [3.63, 3.8) is 0 Å². The van der Waals surface area contributed by atoms with Crippen LogP contribution in [0, 0.1) is 22.7 Å². The van der Waals surface area contributed by atoms with Crippen LogP contribution in [0.15, 0.2) is 53.3 Å². The molecule has 3 aliphatic rings. The highest BCUT2D eigenvalue weighted by Crippen LogP contribution is 2.65. The summed E-state index contributed by atoms with van der Waals surface area (Å²) in [4.78, 5) is 40.6.